The second kappa shape index (κ2) is 7.07. The number of rotatable bonds is 8. The monoisotopic (exact) mass is 288 g/mol. The van der Waals surface area contributed by atoms with Crippen LogP contribution in [0.1, 0.15) is 33.0 Å². The van der Waals surface area contributed by atoms with E-state index in [1.54, 1.807) is 13.1 Å². The molecule has 1 rings (SSSR count). The van der Waals surface area contributed by atoms with Crippen molar-refractivity contribution < 1.29 is 12.8 Å². The van der Waals surface area contributed by atoms with Crippen LogP contribution in [0.3, 0.4) is 0 Å². The highest BCUT2D eigenvalue weighted by Crippen LogP contribution is 2.18. The maximum Gasteiger partial charge on any atom is 0.276 e. The van der Waals surface area contributed by atoms with E-state index < -0.39 is 10.0 Å². The van der Waals surface area contributed by atoms with Crippen molar-refractivity contribution in [1.82, 2.24) is 9.62 Å². The molecule has 0 aliphatic heterocycles. The van der Waals surface area contributed by atoms with Gasteiger partial charge in [0.2, 0.25) is 5.09 Å². The lowest BCUT2D eigenvalue weighted by molar-refractivity contribution is 0.373. The highest BCUT2D eigenvalue weighted by Gasteiger charge is 2.24. The van der Waals surface area contributed by atoms with Gasteiger partial charge in [0.15, 0.2) is 0 Å². The fraction of sp³-hybridized carbons (Fsp3) is 0.692. The van der Waals surface area contributed by atoms with Crippen LogP contribution in [0, 0.1) is 5.92 Å². The molecular formula is C13H24N2O3S. The third-order valence-corrected chi connectivity index (χ3v) is 4.60. The van der Waals surface area contributed by atoms with Crippen LogP contribution >= 0.6 is 0 Å². The molecule has 0 aromatic carbocycles. The first kappa shape index (κ1) is 16.2. The highest BCUT2D eigenvalue weighted by atomic mass is 32.2. The fourth-order valence-corrected chi connectivity index (χ4v) is 2.66. The van der Waals surface area contributed by atoms with Gasteiger partial charge in [-0.15, -0.1) is 0 Å². The molecule has 0 spiro atoms. The van der Waals surface area contributed by atoms with Crippen molar-refractivity contribution in [3.63, 3.8) is 0 Å². The molecule has 5 nitrogen and oxygen atoms in total. The molecule has 0 aliphatic carbocycles. The zero-order valence-electron chi connectivity index (χ0n) is 12.1. The molecule has 0 amide bonds. The summed E-state index contributed by atoms with van der Waals surface area (Å²) in [6, 6.07) is 3.22. The first-order valence-electron chi connectivity index (χ1n) is 6.63. The second-order valence-corrected chi connectivity index (χ2v) is 6.99. The van der Waals surface area contributed by atoms with Gasteiger partial charge in [-0.2, -0.15) is 4.31 Å². The zero-order valence-corrected chi connectivity index (χ0v) is 13.0. The lowest BCUT2D eigenvalue weighted by atomic mass is 10.1. The topological polar surface area (TPSA) is 62.6 Å². The summed E-state index contributed by atoms with van der Waals surface area (Å²) in [7, 11) is -1.91. The summed E-state index contributed by atoms with van der Waals surface area (Å²) in [6.45, 7) is 7.99. The van der Waals surface area contributed by atoms with Gasteiger partial charge in [-0.05, 0) is 31.0 Å². The van der Waals surface area contributed by atoms with E-state index in [-0.39, 0.29) is 5.09 Å². The molecule has 110 valence electrons. The summed E-state index contributed by atoms with van der Waals surface area (Å²) in [5, 5.41) is 3.12. The van der Waals surface area contributed by atoms with Crippen molar-refractivity contribution in [3.05, 3.63) is 17.9 Å². The first-order chi connectivity index (χ1) is 8.87. The largest absolute Gasteiger partial charge is 0.447 e. The van der Waals surface area contributed by atoms with Gasteiger partial charge in [0.05, 0.1) is 6.54 Å². The van der Waals surface area contributed by atoms with Crippen LogP contribution in [0.15, 0.2) is 21.6 Å². The molecule has 0 saturated heterocycles. The summed E-state index contributed by atoms with van der Waals surface area (Å²) in [4.78, 5) is 0. The van der Waals surface area contributed by atoms with Crippen molar-refractivity contribution in [3.8, 4) is 0 Å². The molecule has 0 bridgehead atoms. The minimum Gasteiger partial charge on any atom is -0.447 e. The number of hydrogen-bond donors (Lipinski definition) is 1. The summed E-state index contributed by atoms with van der Waals surface area (Å²) < 4.78 is 31.2. The lowest BCUT2D eigenvalue weighted by Crippen LogP contribution is -2.28. The number of sulfonamides is 1. The minimum atomic E-state index is -3.50. The van der Waals surface area contributed by atoms with Gasteiger partial charge in [0.25, 0.3) is 10.0 Å². The Balaban J connectivity index is 2.73. The Morgan fingerprint density at radius 2 is 2.05 bits per heavy atom. The normalized spacial score (nSPS) is 12.5. The van der Waals surface area contributed by atoms with Crippen molar-refractivity contribution in [2.75, 3.05) is 20.1 Å². The summed E-state index contributed by atoms with van der Waals surface area (Å²) in [6.07, 6.45) is 0.834. The maximum absolute atomic E-state index is 12.2. The second-order valence-electron chi connectivity index (χ2n) is 5.01. The highest BCUT2D eigenvalue weighted by molar-refractivity contribution is 7.89. The molecule has 6 heteroatoms. The minimum absolute atomic E-state index is 0.0201. The van der Waals surface area contributed by atoms with E-state index in [0.29, 0.717) is 24.8 Å². The van der Waals surface area contributed by atoms with Crippen LogP contribution in [0.4, 0.5) is 0 Å². The molecule has 0 atom stereocenters. The third-order valence-electron chi connectivity index (χ3n) is 2.87. The lowest BCUT2D eigenvalue weighted by Gasteiger charge is -2.16. The van der Waals surface area contributed by atoms with E-state index in [4.69, 9.17) is 4.42 Å². The molecule has 1 N–H and O–H groups in total. The Morgan fingerprint density at radius 3 is 2.63 bits per heavy atom. The Labute approximate surface area is 116 Å². The van der Waals surface area contributed by atoms with Gasteiger partial charge < -0.3 is 9.73 Å². The number of furan rings is 1. The van der Waals surface area contributed by atoms with Crippen LogP contribution in [-0.4, -0.2) is 32.9 Å². The van der Waals surface area contributed by atoms with E-state index in [2.05, 4.69) is 19.2 Å². The van der Waals surface area contributed by atoms with Crippen molar-refractivity contribution in [2.24, 2.45) is 5.92 Å². The van der Waals surface area contributed by atoms with Gasteiger partial charge in [-0.25, -0.2) is 8.42 Å². The predicted octanol–water partition coefficient (Wildman–Crippen LogP) is 2.06. The van der Waals surface area contributed by atoms with Gasteiger partial charge in [-0.3, -0.25) is 0 Å². The average molecular weight is 288 g/mol. The molecule has 1 heterocycles. The molecule has 1 aromatic rings. The van der Waals surface area contributed by atoms with Crippen LogP contribution in [0.25, 0.3) is 0 Å². The predicted molar refractivity (Wildman–Crippen MR) is 75.4 cm³/mol. The van der Waals surface area contributed by atoms with E-state index in [9.17, 15) is 8.42 Å². The van der Waals surface area contributed by atoms with Gasteiger partial charge in [0, 0.05) is 13.6 Å². The third kappa shape index (κ3) is 4.63. The smallest absolute Gasteiger partial charge is 0.276 e. The van der Waals surface area contributed by atoms with Crippen LogP contribution in [-0.2, 0) is 16.6 Å². The fourth-order valence-electron chi connectivity index (χ4n) is 1.55. The number of hydrogen-bond acceptors (Lipinski definition) is 4. The first-order valence-corrected chi connectivity index (χ1v) is 8.07. The van der Waals surface area contributed by atoms with E-state index in [1.165, 1.54) is 10.4 Å². The summed E-state index contributed by atoms with van der Waals surface area (Å²) >= 11 is 0. The standard InChI is InChI=1S/C13H24N2O3S/c1-5-14-10-12-6-7-13(18-12)19(16,17)15(4)9-8-11(2)3/h6-7,11,14H,5,8-10H2,1-4H3. The maximum atomic E-state index is 12.2. The molecule has 19 heavy (non-hydrogen) atoms. The zero-order chi connectivity index (χ0) is 14.5. The average Bonchev–Trinajstić information content (AvgIpc) is 2.82. The molecular weight excluding hydrogens is 264 g/mol. The Hall–Kier alpha value is -0.850. The number of nitrogens with zero attached hydrogens (tertiary/aromatic N) is 1. The molecule has 1 aromatic heterocycles. The summed E-state index contributed by atoms with van der Waals surface area (Å²) in [5.74, 6) is 1.11. The van der Waals surface area contributed by atoms with Crippen molar-refractivity contribution in [1.29, 1.82) is 0 Å². The van der Waals surface area contributed by atoms with Crippen LogP contribution in [0.2, 0.25) is 0 Å². The SMILES string of the molecule is CCNCc1ccc(S(=O)(=O)N(C)CCC(C)C)o1. The van der Waals surface area contributed by atoms with Gasteiger partial charge >= 0.3 is 0 Å². The Morgan fingerprint density at radius 1 is 1.37 bits per heavy atom. The number of nitrogens with one attached hydrogen (secondary N) is 1. The molecule has 0 unspecified atom stereocenters. The molecule has 0 saturated carbocycles. The van der Waals surface area contributed by atoms with Gasteiger partial charge in [-0.1, -0.05) is 20.8 Å². The van der Waals surface area contributed by atoms with Crippen molar-refractivity contribution in [2.45, 2.75) is 38.8 Å². The van der Waals surface area contributed by atoms with E-state index in [0.717, 1.165) is 13.0 Å². The van der Waals surface area contributed by atoms with Crippen molar-refractivity contribution >= 4 is 10.0 Å². The van der Waals surface area contributed by atoms with Gasteiger partial charge in [0.1, 0.15) is 5.76 Å². The van der Waals surface area contributed by atoms with E-state index >= 15 is 0 Å². The molecule has 0 fully saturated rings. The summed E-state index contributed by atoms with van der Waals surface area (Å²) in [5.41, 5.74) is 0. The quantitative estimate of drug-likeness (QED) is 0.795. The molecule has 0 aliphatic rings. The van der Waals surface area contributed by atoms with E-state index in [1.807, 2.05) is 6.92 Å². The Kier molecular flexibility index (Phi) is 6.03. The van der Waals surface area contributed by atoms with Crippen LogP contribution in [0.5, 0.6) is 0 Å². The Bertz CT molecular complexity index is 480. The van der Waals surface area contributed by atoms with Crippen LogP contribution < -0.4 is 5.32 Å². The molecule has 0 radical (unpaired) electrons.